The fourth-order valence-corrected chi connectivity index (χ4v) is 2.47. The second kappa shape index (κ2) is 7.70. The SMILES string of the molecule is COc1ccc2oc(=O)c(/C(C)=N\NC(=O)c3ccc([N+](=O)[O-])cc3)cc2c1. The number of non-ortho nitro benzene ring substituents is 1. The lowest BCUT2D eigenvalue weighted by atomic mass is 10.1. The number of hydrogen-bond acceptors (Lipinski definition) is 7. The summed E-state index contributed by atoms with van der Waals surface area (Å²) in [5.41, 5.74) is 2.62. The Hall–Kier alpha value is -4.01. The van der Waals surface area contributed by atoms with E-state index in [4.69, 9.17) is 9.15 Å². The molecule has 9 heteroatoms. The predicted octanol–water partition coefficient (Wildman–Crippen LogP) is 2.86. The summed E-state index contributed by atoms with van der Waals surface area (Å²) in [6.07, 6.45) is 0. The van der Waals surface area contributed by atoms with Crippen LogP contribution >= 0.6 is 0 Å². The number of nitro groups is 1. The van der Waals surface area contributed by atoms with Gasteiger partial charge < -0.3 is 9.15 Å². The van der Waals surface area contributed by atoms with Crippen molar-refractivity contribution in [2.45, 2.75) is 6.92 Å². The first-order chi connectivity index (χ1) is 13.4. The maximum absolute atomic E-state index is 12.2. The Morgan fingerprint density at radius 3 is 2.54 bits per heavy atom. The highest BCUT2D eigenvalue weighted by atomic mass is 16.6. The number of ether oxygens (including phenoxy) is 1. The molecule has 1 amide bonds. The Balaban J connectivity index is 1.84. The molecule has 1 aromatic heterocycles. The standard InChI is InChI=1S/C19H15N3O6/c1-11(20-21-18(23)12-3-5-14(6-4-12)22(25)26)16-10-13-9-15(27-2)7-8-17(13)28-19(16)24/h3-10H,1-2H3,(H,21,23)/b20-11-. The van der Waals surface area contributed by atoms with E-state index in [2.05, 4.69) is 10.5 Å². The number of carbonyl (C=O) groups excluding carboxylic acids is 1. The first-order valence-corrected chi connectivity index (χ1v) is 8.10. The van der Waals surface area contributed by atoms with Crippen LogP contribution in [0.15, 0.2) is 62.8 Å². The smallest absolute Gasteiger partial charge is 0.345 e. The van der Waals surface area contributed by atoms with Crippen LogP contribution in [0.4, 0.5) is 5.69 Å². The van der Waals surface area contributed by atoms with Crippen LogP contribution in [0.5, 0.6) is 5.75 Å². The number of benzene rings is 2. The summed E-state index contributed by atoms with van der Waals surface area (Å²) >= 11 is 0. The number of hydrogen-bond donors (Lipinski definition) is 1. The van der Waals surface area contributed by atoms with E-state index in [1.807, 2.05) is 0 Å². The van der Waals surface area contributed by atoms with E-state index in [1.165, 1.54) is 31.4 Å². The summed E-state index contributed by atoms with van der Waals surface area (Å²) < 4.78 is 10.4. The number of nitrogens with one attached hydrogen (secondary N) is 1. The number of nitrogens with zero attached hydrogens (tertiary/aromatic N) is 2. The molecule has 0 spiro atoms. The summed E-state index contributed by atoms with van der Waals surface area (Å²) in [5, 5.41) is 15.2. The van der Waals surface area contributed by atoms with Crippen LogP contribution in [-0.2, 0) is 0 Å². The Labute approximate surface area is 158 Å². The molecule has 0 saturated carbocycles. The summed E-state index contributed by atoms with van der Waals surface area (Å²) in [4.78, 5) is 34.4. The number of amides is 1. The van der Waals surface area contributed by atoms with Crippen molar-refractivity contribution in [2.75, 3.05) is 7.11 Å². The van der Waals surface area contributed by atoms with Crippen LogP contribution in [0.25, 0.3) is 11.0 Å². The van der Waals surface area contributed by atoms with Gasteiger partial charge in [-0.15, -0.1) is 0 Å². The van der Waals surface area contributed by atoms with Gasteiger partial charge in [0.05, 0.1) is 23.3 Å². The topological polar surface area (TPSA) is 124 Å². The van der Waals surface area contributed by atoms with E-state index in [0.29, 0.717) is 16.7 Å². The maximum atomic E-state index is 12.2. The van der Waals surface area contributed by atoms with Crippen molar-refractivity contribution in [1.29, 1.82) is 0 Å². The molecule has 3 aromatic rings. The molecule has 0 aliphatic rings. The first kappa shape index (κ1) is 18.8. The van der Waals surface area contributed by atoms with Gasteiger partial charge in [-0.1, -0.05) is 0 Å². The number of rotatable bonds is 5. The Kier molecular flexibility index (Phi) is 5.16. The number of hydrazone groups is 1. The van der Waals surface area contributed by atoms with Gasteiger partial charge in [-0.2, -0.15) is 5.10 Å². The third-order valence-electron chi connectivity index (χ3n) is 3.99. The van der Waals surface area contributed by atoms with Crippen LogP contribution in [0.1, 0.15) is 22.8 Å². The van der Waals surface area contributed by atoms with Crippen LogP contribution in [-0.4, -0.2) is 23.7 Å². The molecule has 0 radical (unpaired) electrons. The van der Waals surface area contributed by atoms with Gasteiger partial charge in [-0.05, 0) is 43.3 Å². The lowest BCUT2D eigenvalue weighted by Gasteiger charge is -2.05. The normalized spacial score (nSPS) is 11.3. The van der Waals surface area contributed by atoms with Crippen molar-refractivity contribution in [3.05, 3.63) is 80.2 Å². The van der Waals surface area contributed by atoms with Crippen molar-refractivity contribution in [2.24, 2.45) is 5.10 Å². The number of carbonyl (C=O) groups is 1. The fraction of sp³-hybridized carbons (Fsp3) is 0.105. The van der Waals surface area contributed by atoms with Crippen LogP contribution in [0.3, 0.4) is 0 Å². The molecular weight excluding hydrogens is 366 g/mol. The average molecular weight is 381 g/mol. The molecule has 0 aliphatic heterocycles. The van der Waals surface area contributed by atoms with Crippen LogP contribution in [0, 0.1) is 10.1 Å². The van der Waals surface area contributed by atoms with E-state index in [0.717, 1.165) is 0 Å². The predicted molar refractivity (Wildman–Crippen MR) is 102 cm³/mol. The summed E-state index contributed by atoms with van der Waals surface area (Å²) in [7, 11) is 1.53. The molecule has 2 aromatic carbocycles. The molecule has 1 heterocycles. The zero-order chi connectivity index (χ0) is 20.3. The summed E-state index contributed by atoms with van der Waals surface area (Å²) in [5.74, 6) is 0.0365. The van der Waals surface area contributed by atoms with Crippen molar-refractivity contribution in [1.82, 2.24) is 5.43 Å². The molecule has 28 heavy (non-hydrogen) atoms. The molecule has 0 atom stereocenters. The zero-order valence-electron chi connectivity index (χ0n) is 15.0. The minimum absolute atomic E-state index is 0.125. The van der Waals surface area contributed by atoms with Crippen molar-refractivity contribution >= 4 is 28.3 Å². The van der Waals surface area contributed by atoms with E-state index in [-0.39, 0.29) is 22.5 Å². The van der Waals surface area contributed by atoms with Gasteiger partial charge in [0.25, 0.3) is 11.6 Å². The maximum Gasteiger partial charge on any atom is 0.345 e. The van der Waals surface area contributed by atoms with E-state index in [1.54, 1.807) is 31.2 Å². The second-order valence-corrected chi connectivity index (χ2v) is 5.79. The Bertz CT molecular complexity index is 1150. The summed E-state index contributed by atoms with van der Waals surface area (Å²) in [6, 6.07) is 11.7. The monoisotopic (exact) mass is 381 g/mol. The highest BCUT2D eigenvalue weighted by Crippen LogP contribution is 2.20. The molecule has 3 rings (SSSR count). The molecule has 142 valence electrons. The second-order valence-electron chi connectivity index (χ2n) is 5.79. The van der Waals surface area contributed by atoms with Crippen LogP contribution < -0.4 is 15.8 Å². The number of nitro benzene ring substituents is 1. The highest BCUT2D eigenvalue weighted by molar-refractivity contribution is 6.02. The quantitative estimate of drug-likeness (QED) is 0.314. The van der Waals surface area contributed by atoms with Gasteiger partial charge in [-0.25, -0.2) is 10.2 Å². The van der Waals surface area contributed by atoms with Gasteiger partial charge >= 0.3 is 5.63 Å². The highest BCUT2D eigenvalue weighted by Gasteiger charge is 2.12. The molecule has 0 bridgehead atoms. The lowest BCUT2D eigenvalue weighted by Crippen LogP contribution is -2.21. The van der Waals surface area contributed by atoms with Gasteiger partial charge in [0, 0.05) is 23.1 Å². The third-order valence-corrected chi connectivity index (χ3v) is 3.99. The van der Waals surface area contributed by atoms with Crippen molar-refractivity contribution in [3.63, 3.8) is 0 Å². The minimum atomic E-state index is -0.594. The fourth-order valence-electron chi connectivity index (χ4n) is 2.47. The minimum Gasteiger partial charge on any atom is -0.497 e. The van der Waals surface area contributed by atoms with E-state index >= 15 is 0 Å². The van der Waals surface area contributed by atoms with Crippen LogP contribution in [0.2, 0.25) is 0 Å². The molecule has 0 aliphatic carbocycles. The molecule has 0 saturated heterocycles. The van der Waals surface area contributed by atoms with Gasteiger partial charge in [0.2, 0.25) is 0 Å². The van der Waals surface area contributed by atoms with Crippen molar-refractivity contribution < 1.29 is 18.9 Å². The largest absolute Gasteiger partial charge is 0.497 e. The van der Waals surface area contributed by atoms with Gasteiger partial charge in [-0.3, -0.25) is 14.9 Å². The molecule has 0 fully saturated rings. The third kappa shape index (κ3) is 3.88. The van der Waals surface area contributed by atoms with E-state index in [9.17, 15) is 19.7 Å². The summed E-state index contributed by atoms with van der Waals surface area (Å²) in [6.45, 7) is 1.55. The average Bonchev–Trinajstić information content (AvgIpc) is 2.70. The first-order valence-electron chi connectivity index (χ1n) is 8.10. The zero-order valence-corrected chi connectivity index (χ0v) is 15.0. The van der Waals surface area contributed by atoms with E-state index < -0.39 is 16.5 Å². The van der Waals surface area contributed by atoms with Gasteiger partial charge in [0.1, 0.15) is 11.3 Å². The number of fused-ring (bicyclic) bond motifs is 1. The number of methoxy groups -OCH3 is 1. The van der Waals surface area contributed by atoms with Crippen molar-refractivity contribution in [3.8, 4) is 5.75 Å². The molecule has 0 unspecified atom stereocenters. The molecule has 1 N–H and O–H groups in total. The molecular formula is C19H15N3O6. The Morgan fingerprint density at radius 2 is 1.89 bits per heavy atom. The molecule has 9 nitrogen and oxygen atoms in total. The lowest BCUT2D eigenvalue weighted by molar-refractivity contribution is -0.384. The van der Waals surface area contributed by atoms with Gasteiger partial charge in [0.15, 0.2) is 0 Å². The Morgan fingerprint density at radius 1 is 1.18 bits per heavy atom.